The third-order valence-electron chi connectivity index (χ3n) is 6.41. The van der Waals surface area contributed by atoms with E-state index in [9.17, 15) is 18.0 Å². The Morgan fingerprint density at radius 1 is 1.11 bits per heavy atom. The van der Waals surface area contributed by atoms with Crippen LogP contribution in [-0.2, 0) is 26.2 Å². The Labute approximate surface area is 218 Å². The number of nitrogens with one attached hydrogen (secondary N) is 1. The fraction of sp³-hybridized carbons (Fsp3) is 0.462. The monoisotopic (exact) mass is 535 g/mol. The van der Waals surface area contributed by atoms with E-state index >= 15 is 0 Å². The van der Waals surface area contributed by atoms with Crippen molar-refractivity contribution in [2.45, 2.75) is 57.7 Å². The summed E-state index contributed by atoms with van der Waals surface area (Å²) in [6, 6.07) is 12.9. The Kier molecular flexibility index (Phi) is 9.62. The number of ether oxygens (including phenoxy) is 1. The molecule has 36 heavy (non-hydrogen) atoms. The molecule has 2 aromatic rings. The topological polar surface area (TPSA) is 96.0 Å². The molecule has 1 fully saturated rings. The van der Waals surface area contributed by atoms with Gasteiger partial charge in [-0.1, -0.05) is 55.1 Å². The van der Waals surface area contributed by atoms with Crippen LogP contribution in [0.1, 0.15) is 44.6 Å². The van der Waals surface area contributed by atoms with Crippen LogP contribution < -0.4 is 14.4 Å². The summed E-state index contributed by atoms with van der Waals surface area (Å²) >= 11 is 6.26. The Morgan fingerprint density at radius 3 is 2.44 bits per heavy atom. The first-order valence-corrected chi connectivity index (χ1v) is 14.3. The number of halogens is 1. The molecular weight excluding hydrogens is 502 g/mol. The summed E-state index contributed by atoms with van der Waals surface area (Å²) in [5.41, 5.74) is 0.958. The van der Waals surface area contributed by atoms with E-state index in [1.165, 1.54) is 4.90 Å². The van der Waals surface area contributed by atoms with Crippen LogP contribution in [0.5, 0.6) is 5.75 Å². The lowest BCUT2D eigenvalue weighted by Gasteiger charge is -2.33. The number of para-hydroxylation sites is 1. The molecule has 10 heteroatoms. The third kappa shape index (κ3) is 7.36. The van der Waals surface area contributed by atoms with Crippen molar-refractivity contribution in [1.82, 2.24) is 10.2 Å². The molecule has 0 saturated heterocycles. The molecule has 1 aliphatic carbocycles. The van der Waals surface area contributed by atoms with Gasteiger partial charge in [0.25, 0.3) is 0 Å². The van der Waals surface area contributed by atoms with Crippen molar-refractivity contribution in [2.75, 3.05) is 24.2 Å². The van der Waals surface area contributed by atoms with Crippen LogP contribution >= 0.6 is 11.6 Å². The van der Waals surface area contributed by atoms with E-state index in [1.807, 2.05) is 6.07 Å². The van der Waals surface area contributed by atoms with Gasteiger partial charge in [-0.3, -0.25) is 13.9 Å². The van der Waals surface area contributed by atoms with E-state index in [0.29, 0.717) is 5.75 Å². The second-order valence-corrected chi connectivity index (χ2v) is 11.4. The normalized spacial score (nSPS) is 15.1. The number of anilines is 1. The SMILES string of the molecule is COc1cccc(CN(C(=O)CN(c2ccccc2Cl)S(C)(=O)=O)[C@H](C)C(=O)NC2CCCCC2)c1. The Balaban J connectivity index is 1.89. The number of carbonyl (C=O) groups is 2. The fourth-order valence-electron chi connectivity index (χ4n) is 4.37. The summed E-state index contributed by atoms with van der Waals surface area (Å²) in [5, 5.41) is 3.28. The van der Waals surface area contributed by atoms with Gasteiger partial charge in [0.15, 0.2) is 0 Å². The number of hydrogen-bond acceptors (Lipinski definition) is 5. The lowest BCUT2D eigenvalue weighted by molar-refractivity contribution is -0.139. The predicted octanol–water partition coefficient (Wildman–Crippen LogP) is 3.98. The molecule has 0 aliphatic heterocycles. The Hall–Kier alpha value is -2.78. The van der Waals surface area contributed by atoms with Crippen molar-refractivity contribution in [3.05, 3.63) is 59.1 Å². The maximum Gasteiger partial charge on any atom is 0.244 e. The molecule has 1 N–H and O–H groups in total. The van der Waals surface area contributed by atoms with Crippen molar-refractivity contribution in [1.29, 1.82) is 0 Å². The van der Waals surface area contributed by atoms with Crippen molar-refractivity contribution < 1.29 is 22.7 Å². The van der Waals surface area contributed by atoms with E-state index in [1.54, 1.807) is 56.5 Å². The molecule has 0 spiro atoms. The molecule has 0 unspecified atom stereocenters. The number of carbonyl (C=O) groups excluding carboxylic acids is 2. The molecule has 196 valence electrons. The predicted molar refractivity (Wildman–Crippen MR) is 142 cm³/mol. The molecule has 1 saturated carbocycles. The molecule has 0 bridgehead atoms. The zero-order valence-electron chi connectivity index (χ0n) is 20.9. The number of benzene rings is 2. The minimum absolute atomic E-state index is 0.0816. The third-order valence-corrected chi connectivity index (χ3v) is 7.85. The highest BCUT2D eigenvalue weighted by atomic mass is 35.5. The number of nitrogens with zero attached hydrogens (tertiary/aromatic N) is 2. The quantitative estimate of drug-likeness (QED) is 0.496. The number of methoxy groups -OCH3 is 1. The number of sulfonamides is 1. The van der Waals surface area contributed by atoms with Gasteiger partial charge in [-0.15, -0.1) is 0 Å². The van der Waals surface area contributed by atoms with Gasteiger partial charge in [0, 0.05) is 12.6 Å². The number of rotatable bonds is 10. The summed E-state index contributed by atoms with van der Waals surface area (Å²) < 4.78 is 31.6. The molecule has 2 aromatic carbocycles. The Morgan fingerprint density at radius 2 is 1.81 bits per heavy atom. The first-order chi connectivity index (χ1) is 17.1. The van der Waals surface area contributed by atoms with Crippen molar-refractivity contribution in [3.63, 3.8) is 0 Å². The van der Waals surface area contributed by atoms with Crippen LogP contribution in [0.25, 0.3) is 0 Å². The molecule has 1 aliphatic rings. The Bertz CT molecular complexity index is 1170. The van der Waals surface area contributed by atoms with Crippen molar-refractivity contribution >= 4 is 39.1 Å². The summed E-state index contributed by atoms with van der Waals surface area (Å²) in [6.45, 7) is 1.28. The maximum atomic E-state index is 13.6. The van der Waals surface area contributed by atoms with Gasteiger partial charge in [0.05, 0.1) is 24.1 Å². The van der Waals surface area contributed by atoms with Gasteiger partial charge in [0.2, 0.25) is 21.8 Å². The van der Waals surface area contributed by atoms with Gasteiger partial charge < -0.3 is 15.0 Å². The van der Waals surface area contributed by atoms with E-state index in [4.69, 9.17) is 16.3 Å². The molecule has 3 rings (SSSR count). The molecular formula is C26H34ClN3O5S. The average Bonchev–Trinajstić information content (AvgIpc) is 2.86. The second-order valence-electron chi connectivity index (χ2n) is 9.11. The highest BCUT2D eigenvalue weighted by Gasteiger charge is 2.31. The van der Waals surface area contributed by atoms with Gasteiger partial charge >= 0.3 is 0 Å². The minimum atomic E-state index is -3.84. The maximum absolute atomic E-state index is 13.6. The zero-order chi connectivity index (χ0) is 26.3. The first kappa shape index (κ1) is 27.8. The van der Waals surface area contributed by atoms with E-state index in [-0.39, 0.29) is 29.2 Å². The van der Waals surface area contributed by atoms with E-state index in [0.717, 1.165) is 48.2 Å². The first-order valence-electron chi connectivity index (χ1n) is 12.0. The molecule has 0 radical (unpaired) electrons. The largest absolute Gasteiger partial charge is 0.497 e. The fourth-order valence-corrected chi connectivity index (χ4v) is 5.52. The van der Waals surface area contributed by atoms with Crippen LogP contribution in [0.2, 0.25) is 5.02 Å². The van der Waals surface area contributed by atoms with Gasteiger partial charge in [0.1, 0.15) is 18.3 Å². The van der Waals surface area contributed by atoms with Gasteiger partial charge in [-0.2, -0.15) is 0 Å². The van der Waals surface area contributed by atoms with Crippen LogP contribution in [0.3, 0.4) is 0 Å². The average molecular weight is 536 g/mol. The van der Waals surface area contributed by atoms with Crippen LogP contribution in [0, 0.1) is 0 Å². The highest BCUT2D eigenvalue weighted by Crippen LogP contribution is 2.27. The lowest BCUT2D eigenvalue weighted by Crippen LogP contribution is -2.53. The van der Waals surface area contributed by atoms with Gasteiger partial charge in [-0.05, 0) is 49.6 Å². The minimum Gasteiger partial charge on any atom is -0.497 e. The van der Waals surface area contributed by atoms with E-state index in [2.05, 4.69) is 5.32 Å². The molecule has 8 nitrogen and oxygen atoms in total. The molecule has 0 heterocycles. The van der Waals surface area contributed by atoms with Crippen LogP contribution in [-0.4, -0.2) is 57.1 Å². The van der Waals surface area contributed by atoms with E-state index < -0.39 is 28.5 Å². The van der Waals surface area contributed by atoms with Crippen molar-refractivity contribution in [2.24, 2.45) is 0 Å². The lowest BCUT2D eigenvalue weighted by atomic mass is 9.95. The number of hydrogen-bond donors (Lipinski definition) is 1. The van der Waals surface area contributed by atoms with Gasteiger partial charge in [-0.25, -0.2) is 8.42 Å². The summed E-state index contributed by atoms with van der Waals surface area (Å²) in [5.74, 6) is -0.163. The summed E-state index contributed by atoms with van der Waals surface area (Å²) in [6.07, 6.45) is 6.13. The number of amides is 2. The molecule has 1 atom stereocenters. The standard InChI is InChI=1S/C26H34ClN3O5S/c1-19(26(32)28-21-11-5-4-6-12-21)29(17-20-10-9-13-22(16-20)35-2)25(31)18-30(36(3,33)34)24-15-8-7-14-23(24)27/h7-10,13-16,19,21H,4-6,11-12,17-18H2,1-3H3,(H,28,32)/t19-/m1/s1. The van der Waals surface area contributed by atoms with Crippen molar-refractivity contribution in [3.8, 4) is 5.75 Å². The zero-order valence-corrected chi connectivity index (χ0v) is 22.5. The second kappa shape index (κ2) is 12.5. The molecule has 0 aromatic heterocycles. The summed E-state index contributed by atoms with van der Waals surface area (Å²) in [4.78, 5) is 28.2. The smallest absolute Gasteiger partial charge is 0.244 e. The summed E-state index contributed by atoms with van der Waals surface area (Å²) in [7, 11) is -2.29. The van der Waals surface area contributed by atoms with Crippen LogP contribution in [0.4, 0.5) is 5.69 Å². The van der Waals surface area contributed by atoms with Crippen LogP contribution in [0.15, 0.2) is 48.5 Å². The molecule has 2 amide bonds. The highest BCUT2D eigenvalue weighted by molar-refractivity contribution is 7.92.